The van der Waals surface area contributed by atoms with E-state index < -0.39 is 0 Å². The molecule has 0 radical (unpaired) electrons. The normalized spacial score (nSPS) is 17.9. The third-order valence-corrected chi connectivity index (χ3v) is 6.24. The third-order valence-electron chi connectivity index (χ3n) is 6.24. The minimum absolute atomic E-state index is 0.163. The number of hydrogen-bond donors (Lipinski definition) is 2. The fraction of sp³-hybridized carbons (Fsp3) is 0.417. The average Bonchev–Trinajstić information content (AvgIpc) is 3.25. The molecule has 0 spiro atoms. The van der Waals surface area contributed by atoms with Crippen molar-refractivity contribution in [2.24, 2.45) is 0 Å². The number of rotatable bonds is 6. The summed E-state index contributed by atoms with van der Waals surface area (Å²) in [5, 5.41) is 5.77. The molecule has 2 fully saturated rings. The third kappa shape index (κ3) is 4.70. The summed E-state index contributed by atoms with van der Waals surface area (Å²) in [5.41, 5.74) is 2.86. The van der Waals surface area contributed by atoms with Crippen molar-refractivity contribution in [3.63, 3.8) is 0 Å². The van der Waals surface area contributed by atoms with Crippen molar-refractivity contribution in [1.82, 2.24) is 15.5 Å². The number of halogens is 1. The van der Waals surface area contributed by atoms with Gasteiger partial charge in [-0.1, -0.05) is 13.0 Å². The summed E-state index contributed by atoms with van der Waals surface area (Å²) in [6.07, 6.45) is 0. The first-order chi connectivity index (χ1) is 15.5. The molecule has 4 rings (SSSR count). The van der Waals surface area contributed by atoms with Crippen molar-refractivity contribution in [1.29, 1.82) is 0 Å². The van der Waals surface area contributed by atoms with E-state index in [1.54, 1.807) is 23.1 Å². The van der Waals surface area contributed by atoms with Gasteiger partial charge in [0.2, 0.25) is 0 Å². The van der Waals surface area contributed by atoms with Crippen molar-refractivity contribution in [3.8, 4) is 0 Å². The number of anilines is 2. The van der Waals surface area contributed by atoms with Gasteiger partial charge in [0.25, 0.3) is 5.91 Å². The number of piperazine rings is 1. The number of amides is 3. The lowest BCUT2D eigenvalue weighted by Gasteiger charge is -2.37. The Kier molecular flexibility index (Phi) is 6.60. The standard InChI is InChI=1S/C24H30FN5O2/c1-3-28-11-13-29(14-12-28)22-8-7-19(25)16-21(22)17(2)27-23(31)18-5-4-6-20(15-18)30-10-9-26-24(30)32/h4-8,15-17H,3,9-14H2,1-2H3,(H,26,32)(H,27,31). The SMILES string of the molecule is CCN1CCN(c2ccc(F)cc2C(C)NC(=O)c2cccc(N3CCNC3=O)c2)CC1. The van der Waals surface area contributed by atoms with E-state index in [0.717, 1.165) is 44.0 Å². The zero-order valence-electron chi connectivity index (χ0n) is 18.6. The first-order valence-corrected chi connectivity index (χ1v) is 11.2. The number of benzene rings is 2. The van der Waals surface area contributed by atoms with Crippen molar-refractivity contribution in [3.05, 3.63) is 59.4 Å². The van der Waals surface area contributed by atoms with E-state index in [1.807, 2.05) is 19.1 Å². The summed E-state index contributed by atoms with van der Waals surface area (Å²) in [4.78, 5) is 31.2. The molecule has 2 aliphatic rings. The zero-order chi connectivity index (χ0) is 22.7. The van der Waals surface area contributed by atoms with Gasteiger partial charge in [-0.2, -0.15) is 0 Å². The summed E-state index contributed by atoms with van der Waals surface area (Å²) in [6, 6.07) is 11.3. The fourth-order valence-electron chi connectivity index (χ4n) is 4.36. The fourth-order valence-corrected chi connectivity index (χ4v) is 4.36. The number of carbonyl (C=O) groups excluding carboxylic acids is 2. The van der Waals surface area contributed by atoms with E-state index in [2.05, 4.69) is 27.4 Å². The molecule has 2 aliphatic heterocycles. The van der Waals surface area contributed by atoms with E-state index in [4.69, 9.17) is 0 Å². The largest absolute Gasteiger partial charge is 0.369 e. The average molecular weight is 440 g/mol. The van der Waals surface area contributed by atoms with Crippen LogP contribution in [0.3, 0.4) is 0 Å². The molecule has 0 aliphatic carbocycles. The molecular weight excluding hydrogens is 409 g/mol. The van der Waals surface area contributed by atoms with Crippen LogP contribution in [0.1, 0.15) is 35.8 Å². The molecule has 2 aromatic rings. The van der Waals surface area contributed by atoms with Gasteiger partial charge in [-0.15, -0.1) is 0 Å². The van der Waals surface area contributed by atoms with E-state index in [0.29, 0.717) is 24.3 Å². The van der Waals surface area contributed by atoms with Crippen LogP contribution in [-0.4, -0.2) is 62.7 Å². The van der Waals surface area contributed by atoms with E-state index in [-0.39, 0.29) is 23.8 Å². The van der Waals surface area contributed by atoms with Crippen molar-refractivity contribution in [2.75, 3.05) is 55.6 Å². The van der Waals surface area contributed by atoms with Crippen LogP contribution in [0.2, 0.25) is 0 Å². The lowest BCUT2D eigenvalue weighted by Crippen LogP contribution is -2.46. The Labute approximate surface area is 188 Å². The smallest absolute Gasteiger partial charge is 0.321 e. The Hall–Kier alpha value is -3.13. The monoisotopic (exact) mass is 439 g/mol. The molecule has 3 amide bonds. The Bertz CT molecular complexity index is 990. The van der Waals surface area contributed by atoms with Crippen LogP contribution >= 0.6 is 0 Å². The lowest BCUT2D eigenvalue weighted by molar-refractivity contribution is 0.0940. The van der Waals surface area contributed by atoms with E-state index in [1.165, 1.54) is 12.1 Å². The van der Waals surface area contributed by atoms with Gasteiger partial charge in [0.15, 0.2) is 0 Å². The van der Waals surface area contributed by atoms with Crippen molar-refractivity contribution in [2.45, 2.75) is 19.9 Å². The van der Waals surface area contributed by atoms with Crippen LogP contribution in [0.5, 0.6) is 0 Å². The molecule has 1 unspecified atom stereocenters. The van der Waals surface area contributed by atoms with Gasteiger partial charge in [0.1, 0.15) is 5.82 Å². The van der Waals surface area contributed by atoms with Gasteiger partial charge in [0.05, 0.1) is 6.04 Å². The Morgan fingerprint density at radius 3 is 2.59 bits per heavy atom. The molecule has 2 aromatic carbocycles. The van der Waals surface area contributed by atoms with Gasteiger partial charge in [-0.05, 0) is 49.9 Å². The van der Waals surface area contributed by atoms with E-state index in [9.17, 15) is 14.0 Å². The maximum absolute atomic E-state index is 14.1. The topological polar surface area (TPSA) is 67.9 Å². The molecule has 8 heteroatoms. The molecule has 32 heavy (non-hydrogen) atoms. The van der Waals surface area contributed by atoms with Gasteiger partial charge < -0.3 is 20.4 Å². The second-order valence-corrected chi connectivity index (χ2v) is 8.25. The van der Waals surface area contributed by atoms with Crippen LogP contribution in [0, 0.1) is 5.82 Å². The first-order valence-electron chi connectivity index (χ1n) is 11.2. The molecule has 2 N–H and O–H groups in total. The number of nitrogens with zero attached hydrogens (tertiary/aromatic N) is 3. The minimum atomic E-state index is -0.379. The van der Waals surface area contributed by atoms with Crippen LogP contribution < -0.4 is 20.4 Å². The second kappa shape index (κ2) is 9.56. The molecule has 0 aromatic heterocycles. The highest BCUT2D eigenvalue weighted by Gasteiger charge is 2.24. The van der Waals surface area contributed by atoms with Gasteiger partial charge in [-0.25, -0.2) is 9.18 Å². The number of urea groups is 1. The maximum Gasteiger partial charge on any atom is 0.321 e. The van der Waals surface area contributed by atoms with Crippen LogP contribution in [0.15, 0.2) is 42.5 Å². The quantitative estimate of drug-likeness (QED) is 0.726. The second-order valence-electron chi connectivity index (χ2n) is 8.25. The van der Waals surface area contributed by atoms with Crippen LogP contribution in [0.4, 0.5) is 20.6 Å². The Balaban J connectivity index is 1.50. The first kappa shape index (κ1) is 22.1. The number of likely N-dealkylation sites (N-methyl/N-ethyl adjacent to an activating group) is 1. The number of nitrogens with one attached hydrogen (secondary N) is 2. The zero-order valence-corrected chi connectivity index (χ0v) is 18.6. The van der Waals surface area contributed by atoms with Gasteiger partial charge in [-0.3, -0.25) is 9.69 Å². The summed E-state index contributed by atoms with van der Waals surface area (Å²) >= 11 is 0. The van der Waals surface area contributed by atoms with Gasteiger partial charge in [0, 0.05) is 61.8 Å². The maximum atomic E-state index is 14.1. The molecule has 0 saturated carbocycles. The summed E-state index contributed by atoms with van der Waals surface area (Å²) in [5.74, 6) is -0.580. The Morgan fingerprint density at radius 2 is 1.91 bits per heavy atom. The molecule has 2 heterocycles. The van der Waals surface area contributed by atoms with Gasteiger partial charge >= 0.3 is 6.03 Å². The predicted octanol–water partition coefficient (Wildman–Crippen LogP) is 2.99. The highest BCUT2D eigenvalue weighted by atomic mass is 19.1. The van der Waals surface area contributed by atoms with Crippen molar-refractivity contribution < 1.29 is 14.0 Å². The molecule has 2 saturated heterocycles. The Morgan fingerprint density at radius 1 is 1.12 bits per heavy atom. The predicted molar refractivity (Wildman–Crippen MR) is 124 cm³/mol. The highest BCUT2D eigenvalue weighted by Crippen LogP contribution is 2.29. The van der Waals surface area contributed by atoms with Crippen molar-refractivity contribution >= 4 is 23.3 Å². The molecular formula is C24H30FN5O2. The number of hydrogen-bond acceptors (Lipinski definition) is 4. The highest BCUT2D eigenvalue weighted by molar-refractivity contribution is 5.98. The summed E-state index contributed by atoms with van der Waals surface area (Å²) < 4.78 is 14.1. The number of carbonyl (C=O) groups is 2. The minimum Gasteiger partial charge on any atom is -0.369 e. The molecule has 7 nitrogen and oxygen atoms in total. The van der Waals surface area contributed by atoms with Crippen LogP contribution in [-0.2, 0) is 0 Å². The van der Waals surface area contributed by atoms with Crippen LogP contribution in [0.25, 0.3) is 0 Å². The molecule has 170 valence electrons. The molecule has 1 atom stereocenters. The summed E-state index contributed by atoms with van der Waals surface area (Å²) in [7, 11) is 0. The lowest BCUT2D eigenvalue weighted by atomic mass is 10.0. The molecule has 0 bridgehead atoms. The van der Waals surface area contributed by atoms with E-state index >= 15 is 0 Å². The summed E-state index contributed by atoms with van der Waals surface area (Å²) in [6.45, 7) is 9.86.